The molecule has 0 aromatic heterocycles. The highest BCUT2D eigenvalue weighted by Crippen LogP contribution is 2.16. The molecule has 96 valence electrons. The van der Waals surface area contributed by atoms with E-state index in [2.05, 4.69) is 6.58 Å². The molecule has 1 atom stereocenters. The minimum Gasteiger partial charge on any atom is -0.350 e. The van der Waals surface area contributed by atoms with E-state index in [-0.39, 0.29) is 12.1 Å². The Balaban J connectivity index is 1.93. The van der Waals surface area contributed by atoms with Gasteiger partial charge < -0.3 is 9.64 Å². The maximum atomic E-state index is 11.8. The first kappa shape index (κ1) is 12.8. The van der Waals surface area contributed by atoms with Crippen LogP contribution in [0.25, 0.3) is 0 Å². The number of hydrogen-bond donors (Lipinski definition) is 0. The summed E-state index contributed by atoms with van der Waals surface area (Å²) in [5.41, 5.74) is 1.11. The van der Waals surface area contributed by atoms with Gasteiger partial charge in [0.15, 0.2) is 6.23 Å². The van der Waals surface area contributed by atoms with Crippen LogP contribution in [0.5, 0.6) is 0 Å². The van der Waals surface area contributed by atoms with Gasteiger partial charge in [-0.3, -0.25) is 4.79 Å². The van der Waals surface area contributed by atoms with Gasteiger partial charge >= 0.3 is 0 Å². The van der Waals surface area contributed by atoms with Crippen LogP contribution >= 0.6 is 0 Å². The molecule has 0 bridgehead atoms. The van der Waals surface area contributed by atoms with Crippen LogP contribution in [0.15, 0.2) is 43.0 Å². The molecule has 18 heavy (non-hydrogen) atoms. The van der Waals surface area contributed by atoms with E-state index in [1.165, 1.54) is 0 Å². The van der Waals surface area contributed by atoms with Crippen molar-refractivity contribution in [1.29, 1.82) is 0 Å². The van der Waals surface area contributed by atoms with E-state index in [4.69, 9.17) is 4.74 Å². The summed E-state index contributed by atoms with van der Waals surface area (Å²) >= 11 is 0. The standard InChI is InChI=1S/C15H19NO2/c1-2-15(16-11-7-6-10-14(16)17)18-12-13-8-4-3-5-9-13/h2-5,8-9,15H,1,6-7,10-12H2. The number of hydrogen-bond acceptors (Lipinski definition) is 2. The highest BCUT2D eigenvalue weighted by atomic mass is 16.5. The highest BCUT2D eigenvalue weighted by Gasteiger charge is 2.24. The summed E-state index contributed by atoms with van der Waals surface area (Å²) in [7, 11) is 0. The average molecular weight is 245 g/mol. The summed E-state index contributed by atoms with van der Waals surface area (Å²) < 4.78 is 5.77. The van der Waals surface area contributed by atoms with Crippen molar-refractivity contribution < 1.29 is 9.53 Å². The summed E-state index contributed by atoms with van der Waals surface area (Å²) in [6.45, 7) is 5.03. The molecule has 0 N–H and O–H groups in total. The summed E-state index contributed by atoms with van der Waals surface area (Å²) in [4.78, 5) is 13.6. The molecule has 1 unspecified atom stereocenters. The number of amides is 1. The van der Waals surface area contributed by atoms with Gasteiger partial charge in [0, 0.05) is 13.0 Å². The lowest BCUT2D eigenvalue weighted by Gasteiger charge is -2.32. The van der Waals surface area contributed by atoms with E-state index in [1.54, 1.807) is 11.0 Å². The molecule has 1 saturated heterocycles. The predicted octanol–water partition coefficient (Wildman–Crippen LogP) is 2.73. The van der Waals surface area contributed by atoms with Gasteiger partial charge in [-0.15, -0.1) is 0 Å². The third-order valence-electron chi connectivity index (χ3n) is 3.13. The molecule has 0 saturated carbocycles. The number of rotatable bonds is 5. The minimum absolute atomic E-state index is 0.166. The first-order valence-corrected chi connectivity index (χ1v) is 6.39. The molecule has 0 radical (unpaired) electrons. The van der Waals surface area contributed by atoms with Crippen LogP contribution < -0.4 is 0 Å². The van der Waals surface area contributed by atoms with Gasteiger partial charge in [0.05, 0.1) is 6.61 Å². The second-order valence-electron chi connectivity index (χ2n) is 4.47. The predicted molar refractivity (Wildman–Crippen MR) is 70.8 cm³/mol. The van der Waals surface area contributed by atoms with E-state index in [0.717, 1.165) is 24.9 Å². The van der Waals surface area contributed by atoms with Crippen molar-refractivity contribution in [3.63, 3.8) is 0 Å². The maximum absolute atomic E-state index is 11.8. The molecule has 0 spiro atoms. The molecular formula is C15H19NO2. The molecule has 2 rings (SSSR count). The van der Waals surface area contributed by atoms with Gasteiger partial charge in [0.2, 0.25) is 5.91 Å². The Morgan fingerprint density at radius 1 is 1.33 bits per heavy atom. The topological polar surface area (TPSA) is 29.5 Å². The monoisotopic (exact) mass is 245 g/mol. The van der Waals surface area contributed by atoms with Crippen LogP contribution in [0.1, 0.15) is 24.8 Å². The summed E-state index contributed by atoms with van der Waals surface area (Å²) in [5.74, 6) is 0.166. The lowest BCUT2D eigenvalue weighted by Crippen LogP contribution is -2.43. The Morgan fingerprint density at radius 2 is 2.11 bits per heavy atom. The molecule has 1 amide bonds. The average Bonchev–Trinajstić information content (AvgIpc) is 2.42. The number of carbonyl (C=O) groups is 1. The number of nitrogens with zero attached hydrogens (tertiary/aromatic N) is 1. The first-order chi connectivity index (χ1) is 8.81. The van der Waals surface area contributed by atoms with Crippen LogP contribution in [-0.2, 0) is 16.1 Å². The number of benzene rings is 1. The zero-order chi connectivity index (χ0) is 12.8. The van der Waals surface area contributed by atoms with E-state index >= 15 is 0 Å². The zero-order valence-electron chi connectivity index (χ0n) is 10.5. The van der Waals surface area contributed by atoms with E-state index in [0.29, 0.717) is 13.0 Å². The smallest absolute Gasteiger partial charge is 0.224 e. The summed E-state index contributed by atoms with van der Waals surface area (Å²) in [6, 6.07) is 9.96. The Labute approximate surface area is 108 Å². The van der Waals surface area contributed by atoms with E-state index in [1.807, 2.05) is 30.3 Å². The molecule has 1 aromatic carbocycles. The van der Waals surface area contributed by atoms with Gasteiger partial charge in [-0.05, 0) is 24.5 Å². The minimum atomic E-state index is -0.307. The van der Waals surface area contributed by atoms with Crippen molar-refractivity contribution in [2.24, 2.45) is 0 Å². The van der Waals surface area contributed by atoms with Crippen LogP contribution in [0, 0.1) is 0 Å². The zero-order valence-corrected chi connectivity index (χ0v) is 10.5. The van der Waals surface area contributed by atoms with Gasteiger partial charge in [0.25, 0.3) is 0 Å². The maximum Gasteiger partial charge on any atom is 0.224 e. The fraction of sp³-hybridized carbons (Fsp3) is 0.400. The molecule has 1 aliphatic rings. The first-order valence-electron chi connectivity index (χ1n) is 6.39. The quantitative estimate of drug-likeness (QED) is 0.746. The Bertz CT molecular complexity index is 402. The van der Waals surface area contributed by atoms with E-state index < -0.39 is 0 Å². The van der Waals surface area contributed by atoms with Gasteiger partial charge in [-0.2, -0.15) is 0 Å². The van der Waals surface area contributed by atoms with Crippen LogP contribution in [-0.4, -0.2) is 23.6 Å². The van der Waals surface area contributed by atoms with Crippen LogP contribution in [0.2, 0.25) is 0 Å². The Hall–Kier alpha value is -1.61. The Morgan fingerprint density at radius 3 is 2.78 bits per heavy atom. The fourth-order valence-corrected chi connectivity index (χ4v) is 2.14. The molecule has 0 aliphatic carbocycles. The number of ether oxygens (including phenoxy) is 1. The van der Waals surface area contributed by atoms with Crippen LogP contribution in [0.3, 0.4) is 0 Å². The van der Waals surface area contributed by atoms with Gasteiger partial charge in [0.1, 0.15) is 0 Å². The van der Waals surface area contributed by atoms with Gasteiger partial charge in [-0.25, -0.2) is 0 Å². The Kier molecular flexibility index (Phi) is 4.53. The van der Waals surface area contributed by atoms with Crippen molar-refractivity contribution in [2.45, 2.75) is 32.1 Å². The third kappa shape index (κ3) is 3.20. The van der Waals surface area contributed by atoms with Crippen molar-refractivity contribution in [3.05, 3.63) is 48.6 Å². The van der Waals surface area contributed by atoms with Crippen molar-refractivity contribution in [3.8, 4) is 0 Å². The van der Waals surface area contributed by atoms with E-state index in [9.17, 15) is 4.79 Å². The number of piperidine rings is 1. The molecule has 1 fully saturated rings. The van der Waals surface area contributed by atoms with Crippen molar-refractivity contribution in [1.82, 2.24) is 4.90 Å². The van der Waals surface area contributed by atoms with Gasteiger partial charge in [-0.1, -0.05) is 36.9 Å². The second-order valence-corrected chi connectivity index (χ2v) is 4.47. The molecule has 1 aliphatic heterocycles. The summed E-state index contributed by atoms with van der Waals surface area (Å²) in [5, 5.41) is 0. The SMILES string of the molecule is C=CC(OCc1ccccc1)N1CCCCC1=O. The lowest BCUT2D eigenvalue weighted by molar-refractivity contribution is -0.145. The lowest BCUT2D eigenvalue weighted by atomic mass is 10.1. The van der Waals surface area contributed by atoms with Crippen molar-refractivity contribution in [2.75, 3.05) is 6.54 Å². The third-order valence-corrected chi connectivity index (χ3v) is 3.13. The molecule has 3 nitrogen and oxygen atoms in total. The molecule has 3 heteroatoms. The number of carbonyl (C=O) groups excluding carboxylic acids is 1. The second kappa shape index (κ2) is 6.36. The molecule has 1 aromatic rings. The molecular weight excluding hydrogens is 226 g/mol. The van der Waals surface area contributed by atoms with Crippen molar-refractivity contribution >= 4 is 5.91 Å². The summed E-state index contributed by atoms with van der Waals surface area (Å²) in [6.07, 6.45) is 4.05. The normalized spacial score (nSPS) is 17.6. The number of likely N-dealkylation sites (tertiary alicyclic amines) is 1. The van der Waals surface area contributed by atoms with Crippen LogP contribution in [0.4, 0.5) is 0 Å². The highest BCUT2D eigenvalue weighted by molar-refractivity contribution is 5.77. The fourth-order valence-electron chi connectivity index (χ4n) is 2.14. The largest absolute Gasteiger partial charge is 0.350 e. The molecule has 1 heterocycles.